The van der Waals surface area contributed by atoms with Gasteiger partial charge in [-0.25, -0.2) is 9.59 Å². The molecule has 1 aromatic carbocycles. The van der Waals surface area contributed by atoms with Gasteiger partial charge in [-0.2, -0.15) is 0 Å². The molecule has 0 aromatic heterocycles. The van der Waals surface area contributed by atoms with Crippen molar-refractivity contribution in [3.63, 3.8) is 0 Å². The number of carboxylic acid groups (broad SMARTS) is 1. The first-order valence-electron chi connectivity index (χ1n) is 9.53. The summed E-state index contributed by atoms with van der Waals surface area (Å²) in [6.45, 7) is 4.50. The minimum absolute atomic E-state index is 0.0651. The molecule has 2 rings (SSSR count). The highest BCUT2D eigenvalue weighted by Crippen LogP contribution is 2.24. The SMILES string of the molecule is C=CCCCCOC1CCC(OC(=O)c2ccc(C=CC(=O)O)cc2)CC1. The summed E-state index contributed by atoms with van der Waals surface area (Å²) < 4.78 is 11.5. The van der Waals surface area contributed by atoms with E-state index in [0.29, 0.717) is 5.56 Å². The summed E-state index contributed by atoms with van der Waals surface area (Å²) in [5.74, 6) is -1.34. The summed E-state index contributed by atoms with van der Waals surface area (Å²) in [4.78, 5) is 22.8. The minimum atomic E-state index is -1.00. The number of unbranched alkanes of at least 4 members (excludes halogenated alkanes) is 2. The van der Waals surface area contributed by atoms with Crippen molar-refractivity contribution in [2.75, 3.05) is 6.61 Å². The largest absolute Gasteiger partial charge is 0.478 e. The molecule has 1 aliphatic carbocycles. The molecule has 0 bridgehead atoms. The van der Waals surface area contributed by atoms with E-state index in [1.54, 1.807) is 24.3 Å². The quantitative estimate of drug-likeness (QED) is 0.281. The molecule has 0 aliphatic heterocycles. The van der Waals surface area contributed by atoms with Crippen molar-refractivity contribution in [2.45, 2.75) is 57.2 Å². The van der Waals surface area contributed by atoms with E-state index < -0.39 is 5.97 Å². The Morgan fingerprint density at radius 1 is 1.07 bits per heavy atom. The number of hydrogen-bond acceptors (Lipinski definition) is 4. The Balaban J connectivity index is 1.71. The number of rotatable bonds is 10. The van der Waals surface area contributed by atoms with E-state index in [0.717, 1.165) is 63.2 Å². The maximum Gasteiger partial charge on any atom is 0.338 e. The van der Waals surface area contributed by atoms with Gasteiger partial charge in [0.15, 0.2) is 0 Å². The second-order valence-electron chi connectivity index (χ2n) is 6.75. The van der Waals surface area contributed by atoms with E-state index >= 15 is 0 Å². The summed E-state index contributed by atoms with van der Waals surface area (Å²) in [5.41, 5.74) is 1.20. The Labute approximate surface area is 160 Å². The predicted molar refractivity (Wildman–Crippen MR) is 105 cm³/mol. The van der Waals surface area contributed by atoms with Crippen LogP contribution in [0.3, 0.4) is 0 Å². The van der Waals surface area contributed by atoms with Gasteiger partial charge in [-0.15, -0.1) is 6.58 Å². The van der Waals surface area contributed by atoms with E-state index in [9.17, 15) is 9.59 Å². The van der Waals surface area contributed by atoms with Crippen LogP contribution in [0.2, 0.25) is 0 Å². The number of carboxylic acids is 1. The summed E-state index contributed by atoms with van der Waals surface area (Å²) in [6.07, 6.45) is 11.3. The number of hydrogen-bond donors (Lipinski definition) is 1. The number of benzene rings is 1. The molecular formula is C22H28O5. The molecule has 146 valence electrons. The van der Waals surface area contributed by atoms with Crippen LogP contribution in [-0.4, -0.2) is 35.9 Å². The highest BCUT2D eigenvalue weighted by atomic mass is 16.5. The van der Waals surface area contributed by atoms with Crippen molar-refractivity contribution < 1.29 is 24.2 Å². The highest BCUT2D eigenvalue weighted by molar-refractivity contribution is 5.90. The van der Waals surface area contributed by atoms with Gasteiger partial charge in [0.2, 0.25) is 0 Å². The molecule has 0 saturated heterocycles. The molecule has 1 fully saturated rings. The molecule has 1 aromatic rings. The Bertz CT molecular complexity index is 639. The van der Waals surface area contributed by atoms with Crippen molar-refractivity contribution in [2.24, 2.45) is 0 Å². The van der Waals surface area contributed by atoms with Gasteiger partial charge in [-0.1, -0.05) is 18.2 Å². The molecule has 0 unspecified atom stereocenters. The number of carbonyl (C=O) groups is 2. The van der Waals surface area contributed by atoms with Gasteiger partial charge < -0.3 is 14.6 Å². The number of carbonyl (C=O) groups excluding carboxylic acids is 1. The Hall–Kier alpha value is -2.40. The lowest BCUT2D eigenvalue weighted by atomic mass is 9.95. The van der Waals surface area contributed by atoms with Crippen molar-refractivity contribution >= 4 is 18.0 Å². The second kappa shape index (κ2) is 11.3. The molecule has 1 N–H and O–H groups in total. The van der Waals surface area contributed by atoms with Crippen LogP contribution in [0.4, 0.5) is 0 Å². The third-order valence-corrected chi connectivity index (χ3v) is 4.62. The first-order chi connectivity index (χ1) is 13.1. The fourth-order valence-corrected chi connectivity index (χ4v) is 3.07. The lowest BCUT2D eigenvalue weighted by molar-refractivity contribution is -0.131. The lowest BCUT2D eigenvalue weighted by Crippen LogP contribution is -2.28. The van der Waals surface area contributed by atoms with Crippen molar-refractivity contribution in [1.82, 2.24) is 0 Å². The lowest BCUT2D eigenvalue weighted by Gasteiger charge is -2.28. The molecule has 0 radical (unpaired) electrons. The third kappa shape index (κ3) is 7.79. The smallest absolute Gasteiger partial charge is 0.338 e. The van der Waals surface area contributed by atoms with Crippen LogP contribution >= 0.6 is 0 Å². The standard InChI is InChI=1S/C22H28O5/c1-2-3-4-5-16-26-19-11-13-20(14-12-19)27-22(25)18-9-6-17(7-10-18)8-15-21(23)24/h2,6-10,15,19-20H,1,3-5,11-14,16H2,(H,23,24). The van der Waals surface area contributed by atoms with Crippen molar-refractivity contribution in [3.8, 4) is 0 Å². The second-order valence-corrected chi connectivity index (χ2v) is 6.75. The average Bonchev–Trinajstić information content (AvgIpc) is 2.68. The molecule has 1 aliphatic rings. The van der Waals surface area contributed by atoms with Crippen LogP contribution in [0, 0.1) is 0 Å². The van der Waals surface area contributed by atoms with Crippen LogP contribution in [0.1, 0.15) is 60.9 Å². The molecule has 0 heterocycles. The Morgan fingerprint density at radius 2 is 1.74 bits per heavy atom. The highest BCUT2D eigenvalue weighted by Gasteiger charge is 2.24. The van der Waals surface area contributed by atoms with Gasteiger partial charge in [0.25, 0.3) is 0 Å². The Morgan fingerprint density at radius 3 is 2.37 bits per heavy atom. The Kier molecular flexibility index (Phi) is 8.78. The van der Waals surface area contributed by atoms with Crippen LogP contribution in [0.5, 0.6) is 0 Å². The predicted octanol–water partition coefficient (Wildman–Crippen LogP) is 4.63. The van der Waals surface area contributed by atoms with Crippen LogP contribution in [0.15, 0.2) is 43.0 Å². The van der Waals surface area contributed by atoms with Crippen LogP contribution in [-0.2, 0) is 14.3 Å². The maximum atomic E-state index is 12.3. The molecular weight excluding hydrogens is 344 g/mol. The van der Waals surface area contributed by atoms with Crippen LogP contribution < -0.4 is 0 Å². The van der Waals surface area contributed by atoms with Gasteiger partial charge in [0, 0.05) is 12.7 Å². The maximum absolute atomic E-state index is 12.3. The number of aliphatic carboxylic acids is 1. The molecule has 1 saturated carbocycles. The monoisotopic (exact) mass is 372 g/mol. The molecule has 27 heavy (non-hydrogen) atoms. The molecule has 5 nitrogen and oxygen atoms in total. The first-order valence-corrected chi connectivity index (χ1v) is 9.53. The van der Waals surface area contributed by atoms with Gasteiger partial charge in [0.1, 0.15) is 6.10 Å². The normalized spacial score (nSPS) is 19.7. The number of ether oxygens (including phenoxy) is 2. The third-order valence-electron chi connectivity index (χ3n) is 4.62. The first kappa shape index (κ1) is 20.9. The molecule has 5 heteroatoms. The summed E-state index contributed by atoms with van der Waals surface area (Å²) in [6, 6.07) is 6.71. The zero-order valence-corrected chi connectivity index (χ0v) is 15.6. The van der Waals surface area contributed by atoms with Crippen LogP contribution in [0.25, 0.3) is 6.08 Å². The zero-order chi connectivity index (χ0) is 19.5. The fourth-order valence-electron chi connectivity index (χ4n) is 3.07. The van der Waals surface area contributed by atoms with Crippen molar-refractivity contribution in [1.29, 1.82) is 0 Å². The molecule has 0 spiro atoms. The van der Waals surface area contributed by atoms with E-state index in [2.05, 4.69) is 6.58 Å². The van der Waals surface area contributed by atoms with E-state index in [1.165, 1.54) is 6.08 Å². The van der Waals surface area contributed by atoms with E-state index in [-0.39, 0.29) is 18.2 Å². The molecule has 0 amide bonds. The summed E-state index contributed by atoms with van der Waals surface area (Å²) in [5, 5.41) is 8.63. The topological polar surface area (TPSA) is 72.8 Å². The van der Waals surface area contributed by atoms with Gasteiger partial charge in [-0.3, -0.25) is 0 Å². The van der Waals surface area contributed by atoms with Gasteiger partial charge in [0.05, 0.1) is 11.7 Å². The van der Waals surface area contributed by atoms with Crippen molar-refractivity contribution in [3.05, 3.63) is 54.1 Å². The minimum Gasteiger partial charge on any atom is -0.478 e. The van der Waals surface area contributed by atoms with E-state index in [4.69, 9.17) is 14.6 Å². The number of allylic oxidation sites excluding steroid dienone is 1. The average molecular weight is 372 g/mol. The number of esters is 1. The zero-order valence-electron chi connectivity index (χ0n) is 15.6. The van der Waals surface area contributed by atoms with Gasteiger partial charge >= 0.3 is 11.9 Å². The summed E-state index contributed by atoms with van der Waals surface area (Å²) >= 11 is 0. The summed E-state index contributed by atoms with van der Waals surface area (Å²) in [7, 11) is 0. The fraction of sp³-hybridized carbons (Fsp3) is 0.455. The van der Waals surface area contributed by atoms with E-state index in [1.807, 2.05) is 6.08 Å². The molecule has 0 atom stereocenters. The van der Waals surface area contributed by atoms with Gasteiger partial charge in [-0.05, 0) is 68.7 Å².